The highest BCUT2D eigenvalue weighted by atomic mass is 32.2. The van der Waals surface area contributed by atoms with Gasteiger partial charge in [-0.05, 0) is 24.1 Å². The van der Waals surface area contributed by atoms with Gasteiger partial charge in [0.05, 0.1) is 16.8 Å². The molecule has 0 unspecified atom stereocenters. The Morgan fingerprint density at radius 1 is 1.32 bits per heavy atom. The molecule has 0 spiro atoms. The second-order valence-electron chi connectivity index (χ2n) is 4.13. The van der Waals surface area contributed by atoms with Gasteiger partial charge in [0.15, 0.2) is 0 Å². The van der Waals surface area contributed by atoms with E-state index in [1.165, 1.54) is 23.0 Å². The average Bonchev–Trinajstić information content (AvgIpc) is 2.75. The Bertz CT molecular complexity index is 647. The third-order valence-corrected chi connectivity index (χ3v) is 3.99. The monoisotopic (exact) mass is 281 g/mol. The number of aliphatic hydroxyl groups excluding tert-OH is 1. The predicted octanol–water partition coefficient (Wildman–Crippen LogP) is 0.756. The third-order valence-electron chi connectivity index (χ3n) is 2.59. The summed E-state index contributed by atoms with van der Waals surface area (Å²) in [5.74, 6) is 0. The maximum atomic E-state index is 12.1. The van der Waals surface area contributed by atoms with Crippen molar-refractivity contribution >= 4 is 15.7 Å². The molecule has 0 aliphatic carbocycles. The van der Waals surface area contributed by atoms with Crippen molar-refractivity contribution in [1.82, 2.24) is 9.78 Å². The zero-order chi connectivity index (χ0) is 13.9. The van der Waals surface area contributed by atoms with Crippen molar-refractivity contribution < 1.29 is 13.5 Å². The van der Waals surface area contributed by atoms with Crippen LogP contribution < -0.4 is 4.72 Å². The molecule has 1 heterocycles. The summed E-state index contributed by atoms with van der Waals surface area (Å²) in [5, 5.41) is 12.7. The molecule has 0 saturated heterocycles. The number of rotatable bonds is 5. The van der Waals surface area contributed by atoms with Crippen LogP contribution in [0.15, 0.2) is 41.6 Å². The minimum Gasteiger partial charge on any atom is -0.396 e. The van der Waals surface area contributed by atoms with Gasteiger partial charge in [-0.15, -0.1) is 0 Å². The number of nitrogens with one attached hydrogen (secondary N) is 1. The average molecular weight is 281 g/mol. The van der Waals surface area contributed by atoms with E-state index >= 15 is 0 Å². The highest BCUT2D eigenvalue weighted by Crippen LogP contribution is 2.16. The van der Waals surface area contributed by atoms with Crippen LogP contribution in [0.3, 0.4) is 0 Å². The molecule has 0 saturated carbocycles. The second kappa shape index (κ2) is 5.41. The fourth-order valence-corrected chi connectivity index (χ4v) is 2.68. The smallest absolute Gasteiger partial charge is 0.261 e. The van der Waals surface area contributed by atoms with E-state index in [-0.39, 0.29) is 11.5 Å². The Morgan fingerprint density at radius 2 is 2.00 bits per heavy atom. The minimum absolute atomic E-state index is 0.0417. The quantitative estimate of drug-likeness (QED) is 0.847. The van der Waals surface area contributed by atoms with Crippen molar-refractivity contribution in [2.75, 3.05) is 11.3 Å². The zero-order valence-electron chi connectivity index (χ0n) is 10.4. The first-order valence-electron chi connectivity index (χ1n) is 5.72. The number of aliphatic hydroxyl groups is 1. The standard InChI is InChI=1S/C12H15N3O3S/c1-15-9-11(8-13-15)14-19(17,18)12-4-2-10(3-5-12)6-7-16/h2-5,8-9,14,16H,6-7H2,1H3. The number of aromatic nitrogens is 2. The summed E-state index contributed by atoms with van der Waals surface area (Å²) in [6, 6.07) is 6.41. The molecule has 0 atom stereocenters. The van der Waals surface area contributed by atoms with Gasteiger partial charge < -0.3 is 5.11 Å². The fourth-order valence-electron chi connectivity index (χ4n) is 1.65. The lowest BCUT2D eigenvalue weighted by Crippen LogP contribution is -2.12. The molecule has 0 aliphatic heterocycles. The van der Waals surface area contributed by atoms with Crippen molar-refractivity contribution in [3.63, 3.8) is 0 Å². The molecular weight excluding hydrogens is 266 g/mol. The van der Waals surface area contributed by atoms with Crippen LogP contribution in [-0.4, -0.2) is 29.9 Å². The lowest BCUT2D eigenvalue weighted by Gasteiger charge is -2.06. The first kappa shape index (κ1) is 13.6. The topological polar surface area (TPSA) is 84.2 Å². The van der Waals surface area contributed by atoms with E-state index < -0.39 is 10.0 Å². The maximum absolute atomic E-state index is 12.1. The van der Waals surface area contributed by atoms with Crippen LogP contribution in [0.25, 0.3) is 0 Å². The highest BCUT2D eigenvalue weighted by molar-refractivity contribution is 7.92. The van der Waals surface area contributed by atoms with Crippen LogP contribution in [0.4, 0.5) is 5.69 Å². The van der Waals surface area contributed by atoms with Crippen molar-refractivity contribution in [1.29, 1.82) is 0 Å². The third kappa shape index (κ3) is 3.33. The molecule has 2 N–H and O–H groups in total. The zero-order valence-corrected chi connectivity index (χ0v) is 11.3. The van der Waals surface area contributed by atoms with Gasteiger partial charge in [0.2, 0.25) is 0 Å². The number of benzene rings is 1. The normalized spacial score (nSPS) is 11.5. The molecule has 1 aromatic heterocycles. The van der Waals surface area contributed by atoms with Gasteiger partial charge in [-0.3, -0.25) is 9.40 Å². The molecular formula is C12H15N3O3S. The Hall–Kier alpha value is -1.86. The molecule has 2 aromatic rings. The number of anilines is 1. The largest absolute Gasteiger partial charge is 0.396 e. The van der Waals surface area contributed by atoms with Gasteiger partial charge in [-0.2, -0.15) is 5.10 Å². The summed E-state index contributed by atoms with van der Waals surface area (Å²) in [6.45, 7) is 0.0417. The molecule has 19 heavy (non-hydrogen) atoms. The second-order valence-corrected chi connectivity index (χ2v) is 5.81. The van der Waals surface area contributed by atoms with E-state index in [4.69, 9.17) is 5.11 Å². The van der Waals surface area contributed by atoms with Crippen molar-refractivity contribution in [2.45, 2.75) is 11.3 Å². The van der Waals surface area contributed by atoms with Crippen LogP contribution in [0.5, 0.6) is 0 Å². The summed E-state index contributed by atoms with van der Waals surface area (Å²) in [4.78, 5) is 0.179. The van der Waals surface area contributed by atoms with E-state index in [1.54, 1.807) is 25.4 Å². The van der Waals surface area contributed by atoms with Crippen LogP contribution in [0.1, 0.15) is 5.56 Å². The Labute approximate surface area is 111 Å². The Morgan fingerprint density at radius 3 is 2.53 bits per heavy atom. The number of sulfonamides is 1. The molecule has 7 heteroatoms. The number of nitrogens with zero attached hydrogens (tertiary/aromatic N) is 2. The first-order valence-corrected chi connectivity index (χ1v) is 7.21. The van der Waals surface area contributed by atoms with Gasteiger partial charge in [0, 0.05) is 19.9 Å². The Kier molecular flexibility index (Phi) is 3.87. The van der Waals surface area contributed by atoms with E-state index in [0.717, 1.165) is 5.56 Å². The summed E-state index contributed by atoms with van der Waals surface area (Å²) in [7, 11) is -1.89. The summed E-state index contributed by atoms with van der Waals surface area (Å²) in [5.41, 5.74) is 1.31. The van der Waals surface area contributed by atoms with Crippen molar-refractivity contribution in [3.05, 3.63) is 42.2 Å². The van der Waals surface area contributed by atoms with E-state index in [0.29, 0.717) is 12.1 Å². The Balaban J connectivity index is 2.19. The maximum Gasteiger partial charge on any atom is 0.261 e. The molecule has 6 nitrogen and oxygen atoms in total. The molecule has 1 aromatic carbocycles. The molecule has 0 bridgehead atoms. The fraction of sp³-hybridized carbons (Fsp3) is 0.250. The minimum atomic E-state index is -3.60. The van der Waals surface area contributed by atoms with Crippen LogP contribution in [-0.2, 0) is 23.5 Å². The molecule has 2 rings (SSSR count). The highest BCUT2D eigenvalue weighted by Gasteiger charge is 2.14. The van der Waals surface area contributed by atoms with Crippen molar-refractivity contribution in [3.8, 4) is 0 Å². The lowest BCUT2D eigenvalue weighted by molar-refractivity contribution is 0.299. The predicted molar refractivity (Wildman–Crippen MR) is 71.2 cm³/mol. The summed E-state index contributed by atoms with van der Waals surface area (Å²) >= 11 is 0. The van der Waals surface area contributed by atoms with Crippen LogP contribution >= 0.6 is 0 Å². The molecule has 0 fully saturated rings. The van der Waals surface area contributed by atoms with E-state index in [2.05, 4.69) is 9.82 Å². The number of aryl methyl sites for hydroxylation is 1. The van der Waals surface area contributed by atoms with Gasteiger partial charge in [-0.1, -0.05) is 12.1 Å². The molecule has 102 valence electrons. The van der Waals surface area contributed by atoms with Crippen molar-refractivity contribution in [2.24, 2.45) is 7.05 Å². The van der Waals surface area contributed by atoms with E-state index in [9.17, 15) is 8.42 Å². The van der Waals surface area contributed by atoms with Gasteiger partial charge in [0.1, 0.15) is 0 Å². The number of hydrogen-bond acceptors (Lipinski definition) is 4. The molecule has 0 aliphatic rings. The van der Waals surface area contributed by atoms with Crippen LogP contribution in [0, 0.1) is 0 Å². The summed E-state index contributed by atoms with van der Waals surface area (Å²) < 4.78 is 28.1. The molecule has 0 radical (unpaired) electrons. The van der Waals surface area contributed by atoms with E-state index in [1.807, 2.05) is 0 Å². The van der Waals surface area contributed by atoms with Gasteiger partial charge in [-0.25, -0.2) is 8.42 Å². The molecule has 0 amide bonds. The number of hydrogen-bond donors (Lipinski definition) is 2. The lowest BCUT2D eigenvalue weighted by atomic mass is 10.2. The van der Waals surface area contributed by atoms with Gasteiger partial charge in [0.25, 0.3) is 10.0 Å². The first-order chi connectivity index (χ1) is 9.01. The van der Waals surface area contributed by atoms with Crippen LogP contribution in [0.2, 0.25) is 0 Å². The SMILES string of the molecule is Cn1cc(NS(=O)(=O)c2ccc(CCO)cc2)cn1. The summed E-state index contributed by atoms with van der Waals surface area (Å²) in [6.07, 6.45) is 3.53. The van der Waals surface area contributed by atoms with Gasteiger partial charge >= 0.3 is 0 Å².